The fourth-order valence-corrected chi connectivity index (χ4v) is 2.90. The molecule has 0 aromatic carbocycles. The van der Waals surface area contributed by atoms with Crippen LogP contribution in [0.25, 0.3) is 0 Å². The summed E-state index contributed by atoms with van der Waals surface area (Å²) in [5, 5.41) is 14.4. The molecule has 7 heteroatoms. The van der Waals surface area contributed by atoms with Crippen molar-refractivity contribution in [1.82, 2.24) is 24.6 Å². The minimum absolute atomic E-state index is 0.436. The average Bonchev–Trinajstić information content (AvgIpc) is 2.99. The second kappa shape index (κ2) is 6.41. The van der Waals surface area contributed by atoms with Crippen LogP contribution >= 0.6 is 0 Å². The Morgan fingerprint density at radius 3 is 2.91 bits per heavy atom. The summed E-state index contributed by atoms with van der Waals surface area (Å²) in [6, 6.07) is 1.87. The number of aliphatic hydroxyl groups is 1. The molecule has 0 saturated heterocycles. The van der Waals surface area contributed by atoms with E-state index in [2.05, 4.69) is 20.0 Å². The predicted molar refractivity (Wildman–Crippen MR) is 83.6 cm³/mol. The first-order valence-corrected chi connectivity index (χ1v) is 7.51. The Bertz CT molecular complexity index is 613. The summed E-state index contributed by atoms with van der Waals surface area (Å²) >= 11 is 0. The molecule has 1 atom stereocenters. The maximum Gasteiger partial charge on any atom is 0.136 e. The van der Waals surface area contributed by atoms with Gasteiger partial charge in [-0.2, -0.15) is 5.10 Å². The summed E-state index contributed by atoms with van der Waals surface area (Å²) in [6.45, 7) is 2.83. The first kappa shape index (κ1) is 14.9. The van der Waals surface area contributed by atoms with Crippen LogP contribution in [0, 0.1) is 0 Å². The van der Waals surface area contributed by atoms with Gasteiger partial charge in [0.2, 0.25) is 0 Å². The summed E-state index contributed by atoms with van der Waals surface area (Å²) in [7, 11) is 3.99. The van der Waals surface area contributed by atoms with Crippen molar-refractivity contribution < 1.29 is 5.11 Å². The van der Waals surface area contributed by atoms with Gasteiger partial charge in [0.25, 0.3) is 0 Å². The van der Waals surface area contributed by atoms with Gasteiger partial charge in [-0.15, -0.1) is 0 Å². The van der Waals surface area contributed by atoms with Gasteiger partial charge in [0, 0.05) is 58.1 Å². The quantitative estimate of drug-likeness (QED) is 0.848. The fourth-order valence-electron chi connectivity index (χ4n) is 2.90. The van der Waals surface area contributed by atoms with Crippen LogP contribution in [0.4, 0.5) is 5.82 Å². The molecule has 0 fully saturated rings. The smallest absolute Gasteiger partial charge is 0.136 e. The number of β-amino-alcohol motifs (C(OH)–C–C–N with tert-alkyl or cyclic N) is 1. The van der Waals surface area contributed by atoms with Gasteiger partial charge in [-0.05, 0) is 6.07 Å². The zero-order chi connectivity index (χ0) is 15.5. The number of aromatic nitrogens is 4. The molecule has 0 bridgehead atoms. The molecule has 0 spiro atoms. The first-order chi connectivity index (χ1) is 10.6. The van der Waals surface area contributed by atoms with E-state index in [9.17, 15) is 5.11 Å². The molecule has 3 heterocycles. The standard InChI is InChI=1S/C15H22N6O/c1-19(2)15-13-10-20(7-4-14(13)16-11-17-15)8-12(22)9-21-6-3-5-18-21/h3,5-6,11-12,22H,4,7-10H2,1-2H3/t12-/m1/s1. The Balaban J connectivity index is 1.66. The van der Waals surface area contributed by atoms with Crippen molar-refractivity contribution in [3.8, 4) is 0 Å². The van der Waals surface area contributed by atoms with Crippen molar-refractivity contribution in [2.45, 2.75) is 25.6 Å². The van der Waals surface area contributed by atoms with E-state index in [1.807, 2.05) is 31.3 Å². The SMILES string of the molecule is CN(C)c1ncnc2c1CN(C[C@@H](O)Cn1cccn1)CC2. The van der Waals surface area contributed by atoms with Crippen LogP contribution in [0.5, 0.6) is 0 Å². The Morgan fingerprint density at radius 2 is 2.18 bits per heavy atom. The van der Waals surface area contributed by atoms with Gasteiger partial charge in [-0.25, -0.2) is 9.97 Å². The number of aliphatic hydroxyl groups excluding tert-OH is 1. The molecule has 2 aromatic rings. The van der Waals surface area contributed by atoms with Crippen LogP contribution in [0.2, 0.25) is 0 Å². The third-order valence-electron chi connectivity index (χ3n) is 3.91. The Hall–Kier alpha value is -1.99. The zero-order valence-corrected chi connectivity index (χ0v) is 13.1. The summed E-state index contributed by atoms with van der Waals surface area (Å²) in [6.07, 6.45) is 5.69. The molecule has 0 aliphatic carbocycles. The molecular formula is C15H22N6O. The lowest BCUT2D eigenvalue weighted by atomic mass is 10.1. The number of anilines is 1. The van der Waals surface area contributed by atoms with Crippen molar-refractivity contribution in [1.29, 1.82) is 0 Å². The molecule has 0 unspecified atom stereocenters. The van der Waals surface area contributed by atoms with Crippen molar-refractivity contribution in [3.63, 3.8) is 0 Å². The Labute approximate surface area is 130 Å². The van der Waals surface area contributed by atoms with E-state index in [1.54, 1.807) is 17.2 Å². The van der Waals surface area contributed by atoms with Crippen LogP contribution in [-0.2, 0) is 19.5 Å². The molecule has 0 radical (unpaired) electrons. The largest absolute Gasteiger partial charge is 0.390 e. The highest BCUT2D eigenvalue weighted by Gasteiger charge is 2.23. The van der Waals surface area contributed by atoms with Gasteiger partial charge >= 0.3 is 0 Å². The molecule has 1 aliphatic heterocycles. The van der Waals surface area contributed by atoms with Crippen molar-refractivity contribution in [2.75, 3.05) is 32.1 Å². The van der Waals surface area contributed by atoms with Crippen LogP contribution < -0.4 is 4.90 Å². The first-order valence-electron chi connectivity index (χ1n) is 7.51. The summed E-state index contributed by atoms with van der Waals surface area (Å²) in [4.78, 5) is 13.0. The van der Waals surface area contributed by atoms with E-state index in [0.717, 1.165) is 31.0 Å². The highest BCUT2D eigenvalue weighted by Crippen LogP contribution is 2.24. The van der Waals surface area contributed by atoms with E-state index >= 15 is 0 Å². The molecule has 2 aromatic heterocycles. The van der Waals surface area contributed by atoms with Crippen molar-refractivity contribution in [3.05, 3.63) is 36.0 Å². The predicted octanol–water partition coefficient (Wildman–Crippen LogP) is 0.158. The van der Waals surface area contributed by atoms with Gasteiger partial charge in [-0.3, -0.25) is 9.58 Å². The second-order valence-corrected chi connectivity index (χ2v) is 5.88. The number of hydrogen-bond acceptors (Lipinski definition) is 6. The van der Waals surface area contributed by atoms with Gasteiger partial charge in [0.1, 0.15) is 12.1 Å². The Morgan fingerprint density at radius 1 is 1.32 bits per heavy atom. The third kappa shape index (κ3) is 3.26. The lowest BCUT2D eigenvalue weighted by Crippen LogP contribution is -2.39. The second-order valence-electron chi connectivity index (χ2n) is 5.88. The van der Waals surface area contributed by atoms with Gasteiger partial charge in [0.05, 0.1) is 18.3 Å². The fraction of sp³-hybridized carbons (Fsp3) is 0.533. The molecular weight excluding hydrogens is 280 g/mol. The zero-order valence-electron chi connectivity index (χ0n) is 13.1. The highest BCUT2D eigenvalue weighted by atomic mass is 16.3. The molecule has 118 valence electrons. The molecule has 1 N–H and O–H groups in total. The maximum absolute atomic E-state index is 10.3. The van der Waals surface area contributed by atoms with Crippen LogP contribution in [-0.4, -0.2) is 63.0 Å². The lowest BCUT2D eigenvalue weighted by Gasteiger charge is -2.31. The summed E-state index contributed by atoms with van der Waals surface area (Å²) in [5.74, 6) is 0.969. The van der Waals surface area contributed by atoms with E-state index < -0.39 is 6.10 Å². The van der Waals surface area contributed by atoms with Gasteiger partial charge < -0.3 is 10.0 Å². The van der Waals surface area contributed by atoms with E-state index in [4.69, 9.17) is 0 Å². The van der Waals surface area contributed by atoms with Crippen LogP contribution in [0.1, 0.15) is 11.3 Å². The maximum atomic E-state index is 10.3. The van der Waals surface area contributed by atoms with Gasteiger partial charge in [0.15, 0.2) is 0 Å². The topological polar surface area (TPSA) is 70.3 Å². The molecule has 0 saturated carbocycles. The Kier molecular flexibility index (Phi) is 4.35. The van der Waals surface area contributed by atoms with E-state index in [1.165, 1.54) is 5.56 Å². The van der Waals surface area contributed by atoms with E-state index in [0.29, 0.717) is 13.1 Å². The molecule has 0 amide bonds. The number of rotatable bonds is 5. The molecule has 7 nitrogen and oxygen atoms in total. The minimum Gasteiger partial charge on any atom is -0.390 e. The number of hydrogen-bond donors (Lipinski definition) is 1. The number of nitrogens with zero attached hydrogens (tertiary/aromatic N) is 6. The monoisotopic (exact) mass is 302 g/mol. The average molecular weight is 302 g/mol. The molecule has 22 heavy (non-hydrogen) atoms. The van der Waals surface area contributed by atoms with Crippen molar-refractivity contribution >= 4 is 5.82 Å². The highest BCUT2D eigenvalue weighted by molar-refractivity contribution is 5.48. The van der Waals surface area contributed by atoms with Gasteiger partial charge in [-0.1, -0.05) is 0 Å². The molecule has 3 rings (SSSR count). The minimum atomic E-state index is -0.436. The number of fused-ring (bicyclic) bond motifs is 1. The summed E-state index contributed by atoms with van der Waals surface area (Å²) < 4.78 is 1.76. The normalized spacial score (nSPS) is 16.3. The van der Waals surface area contributed by atoms with E-state index in [-0.39, 0.29) is 0 Å². The summed E-state index contributed by atoms with van der Waals surface area (Å²) in [5.41, 5.74) is 2.29. The van der Waals surface area contributed by atoms with Crippen molar-refractivity contribution in [2.24, 2.45) is 0 Å². The van der Waals surface area contributed by atoms with Crippen LogP contribution in [0.3, 0.4) is 0 Å². The third-order valence-corrected chi connectivity index (χ3v) is 3.91. The lowest BCUT2D eigenvalue weighted by molar-refractivity contribution is 0.0885. The van der Waals surface area contributed by atoms with Crippen LogP contribution in [0.15, 0.2) is 24.8 Å². The molecule has 1 aliphatic rings.